The molecular weight excluding hydrogens is 396 g/mol. The number of nitrogens with zero attached hydrogens (tertiary/aromatic N) is 3. The van der Waals surface area contributed by atoms with Crippen LogP contribution >= 0.6 is 11.8 Å². The van der Waals surface area contributed by atoms with E-state index in [-0.39, 0.29) is 23.5 Å². The van der Waals surface area contributed by atoms with Crippen molar-refractivity contribution in [2.75, 3.05) is 5.32 Å². The molecule has 0 bridgehead atoms. The summed E-state index contributed by atoms with van der Waals surface area (Å²) in [6, 6.07) is 12.1. The van der Waals surface area contributed by atoms with E-state index in [9.17, 15) is 19.7 Å². The van der Waals surface area contributed by atoms with Crippen LogP contribution in [0.5, 0.6) is 0 Å². The highest BCUT2D eigenvalue weighted by molar-refractivity contribution is 7.99. The number of amides is 1. The SMILES string of the molecule is Cc1ccc(Sc2cc(NC(=O)Cn3cc(C(=O)O)cn3)cc([N+](=O)[O-])c2)cc1. The van der Waals surface area contributed by atoms with Gasteiger partial charge in [-0.1, -0.05) is 29.5 Å². The lowest BCUT2D eigenvalue weighted by Gasteiger charge is -2.08. The summed E-state index contributed by atoms with van der Waals surface area (Å²) in [6.45, 7) is 1.74. The topological polar surface area (TPSA) is 127 Å². The number of carboxylic acid groups (broad SMARTS) is 1. The van der Waals surface area contributed by atoms with Crippen molar-refractivity contribution in [3.05, 3.63) is 76.1 Å². The van der Waals surface area contributed by atoms with E-state index in [4.69, 9.17) is 5.11 Å². The molecule has 0 saturated carbocycles. The molecule has 9 nitrogen and oxygen atoms in total. The van der Waals surface area contributed by atoms with Gasteiger partial charge in [0, 0.05) is 33.8 Å². The molecule has 0 radical (unpaired) electrons. The van der Waals surface area contributed by atoms with Crippen molar-refractivity contribution in [2.45, 2.75) is 23.3 Å². The van der Waals surface area contributed by atoms with Crippen LogP contribution in [0.4, 0.5) is 11.4 Å². The lowest BCUT2D eigenvalue weighted by Crippen LogP contribution is -2.19. The van der Waals surface area contributed by atoms with Gasteiger partial charge in [-0.3, -0.25) is 19.6 Å². The number of non-ortho nitro benzene ring substituents is 1. The average molecular weight is 412 g/mol. The van der Waals surface area contributed by atoms with E-state index >= 15 is 0 Å². The second-order valence-electron chi connectivity index (χ2n) is 6.17. The summed E-state index contributed by atoms with van der Waals surface area (Å²) in [5, 5.41) is 26.6. The van der Waals surface area contributed by atoms with Gasteiger partial charge < -0.3 is 10.4 Å². The summed E-state index contributed by atoms with van der Waals surface area (Å²) in [4.78, 5) is 35.4. The normalized spacial score (nSPS) is 10.5. The van der Waals surface area contributed by atoms with Crippen LogP contribution in [0.1, 0.15) is 15.9 Å². The van der Waals surface area contributed by atoms with Gasteiger partial charge in [0.1, 0.15) is 6.54 Å². The number of hydrogen-bond donors (Lipinski definition) is 2. The zero-order valence-corrected chi connectivity index (χ0v) is 16.0. The molecule has 0 spiro atoms. The minimum Gasteiger partial charge on any atom is -0.478 e. The number of nitrogens with one attached hydrogen (secondary N) is 1. The molecule has 2 aromatic carbocycles. The number of rotatable bonds is 7. The Bertz CT molecular complexity index is 1080. The van der Waals surface area contributed by atoms with Crippen molar-refractivity contribution in [3.8, 4) is 0 Å². The summed E-state index contributed by atoms with van der Waals surface area (Å²) in [6.07, 6.45) is 2.37. The number of carbonyl (C=O) groups is 2. The lowest BCUT2D eigenvalue weighted by atomic mass is 10.2. The Morgan fingerprint density at radius 1 is 1.21 bits per heavy atom. The third-order valence-electron chi connectivity index (χ3n) is 3.83. The van der Waals surface area contributed by atoms with Gasteiger partial charge in [0.15, 0.2) is 0 Å². The Labute approximate surface area is 169 Å². The van der Waals surface area contributed by atoms with E-state index in [2.05, 4.69) is 10.4 Å². The van der Waals surface area contributed by atoms with Crippen LogP contribution in [-0.2, 0) is 11.3 Å². The van der Waals surface area contributed by atoms with Crippen molar-refractivity contribution in [2.24, 2.45) is 0 Å². The first-order valence-corrected chi connectivity index (χ1v) is 9.21. The molecule has 0 aliphatic carbocycles. The van der Waals surface area contributed by atoms with Crippen LogP contribution in [0.2, 0.25) is 0 Å². The summed E-state index contributed by atoms with van der Waals surface area (Å²) in [5.74, 6) is -1.63. The number of carboxylic acids is 1. The molecule has 0 atom stereocenters. The Kier molecular flexibility index (Phi) is 5.93. The summed E-state index contributed by atoms with van der Waals surface area (Å²) >= 11 is 1.34. The molecule has 0 unspecified atom stereocenters. The van der Waals surface area contributed by atoms with Gasteiger partial charge in [-0.15, -0.1) is 0 Å². The second kappa shape index (κ2) is 8.57. The number of aryl methyl sites for hydroxylation is 1. The van der Waals surface area contributed by atoms with Crippen molar-refractivity contribution in [3.63, 3.8) is 0 Å². The van der Waals surface area contributed by atoms with E-state index in [0.29, 0.717) is 4.90 Å². The predicted octanol–water partition coefficient (Wildman–Crippen LogP) is 3.59. The summed E-state index contributed by atoms with van der Waals surface area (Å²) < 4.78 is 1.18. The Morgan fingerprint density at radius 2 is 1.93 bits per heavy atom. The first-order valence-electron chi connectivity index (χ1n) is 8.40. The first-order chi connectivity index (χ1) is 13.8. The fourth-order valence-corrected chi connectivity index (χ4v) is 3.38. The van der Waals surface area contributed by atoms with Crippen LogP contribution in [0.15, 0.2) is 64.6 Å². The maximum atomic E-state index is 12.3. The molecule has 0 aliphatic rings. The molecule has 3 aromatic rings. The zero-order valence-electron chi connectivity index (χ0n) is 15.2. The molecule has 0 fully saturated rings. The third kappa shape index (κ3) is 5.42. The van der Waals surface area contributed by atoms with Gasteiger partial charge in [0.25, 0.3) is 5.69 Å². The van der Waals surface area contributed by atoms with Crippen LogP contribution in [0.3, 0.4) is 0 Å². The first kappa shape index (κ1) is 20.1. The van der Waals surface area contributed by atoms with Crippen LogP contribution in [0.25, 0.3) is 0 Å². The molecule has 148 valence electrons. The largest absolute Gasteiger partial charge is 0.478 e. The fourth-order valence-electron chi connectivity index (χ4n) is 2.47. The molecule has 1 heterocycles. The lowest BCUT2D eigenvalue weighted by molar-refractivity contribution is -0.385. The predicted molar refractivity (Wildman–Crippen MR) is 106 cm³/mol. The van der Waals surface area contributed by atoms with E-state index in [1.54, 1.807) is 6.07 Å². The number of aromatic nitrogens is 2. The standard InChI is InChI=1S/C19H16N4O5S/c1-12-2-4-16(5-3-12)29-17-7-14(6-15(8-17)23(27)28)21-18(24)11-22-10-13(9-20-22)19(25)26/h2-10H,11H2,1H3,(H,21,24)(H,25,26). The van der Waals surface area contributed by atoms with Gasteiger partial charge in [-0.25, -0.2) is 4.79 Å². The van der Waals surface area contributed by atoms with E-state index < -0.39 is 16.8 Å². The molecule has 1 aromatic heterocycles. The Balaban J connectivity index is 1.77. The van der Waals surface area contributed by atoms with Crippen molar-refractivity contribution >= 4 is 35.0 Å². The maximum Gasteiger partial charge on any atom is 0.338 e. The quantitative estimate of drug-likeness (QED) is 0.448. The number of hydrogen-bond acceptors (Lipinski definition) is 6. The molecule has 10 heteroatoms. The maximum absolute atomic E-state index is 12.3. The summed E-state index contributed by atoms with van der Waals surface area (Å²) in [7, 11) is 0. The molecule has 0 saturated heterocycles. The minimum absolute atomic E-state index is 0.0371. The van der Waals surface area contributed by atoms with Crippen molar-refractivity contribution in [1.29, 1.82) is 0 Å². The number of carbonyl (C=O) groups excluding carboxylic acids is 1. The molecule has 3 rings (SSSR count). The smallest absolute Gasteiger partial charge is 0.338 e. The molecule has 0 aliphatic heterocycles. The van der Waals surface area contributed by atoms with Gasteiger partial charge >= 0.3 is 5.97 Å². The molecule has 1 amide bonds. The highest BCUT2D eigenvalue weighted by atomic mass is 32.2. The van der Waals surface area contributed by atoms with Crippen molar-refractivity contribution < 1.29 is 19.6 Å². The summed E-state index contributed by atoms with van der Waals surface area (Å²) in [5.41, 5.74) is 1.19. The highest BCUT2D eigenvalue weighted by Gasteiger charge is 2.14. The number of nitro benzene ring substituents is 1. The monoisotopic (exact) mass is 412 g/mol. The molecular formula is C19H16N4O5S. The average Bonchev–Trinajstić information content (AvgIpc) is 3.12. The second-order valence-corrected chi connectivity index (χ2v) is 7.31. The van der Waals surface area contributed by atoms with Crippen LogP contribution < -0.4 is 5.32 Å². The van der Waals surface area contributed by atoms with Gasteiger partial charge in [-0.2, -0.15) is 5.10 Å². The van der Waals surface area contributed by atoms with E-state index in [0.717, 1.165) is 16.7 Å². The van der Waals surface area contributed by atoms with Gasteiger partial charge in [-0.05, 0) is 25.1 Å². The zero-order chi connectivity index (χ0) is 21.0. The third-order valence-corrected chi connectivity index (χ3v) is 4.81. The van der Waals surface area contributed by atoms with Crippen LogP contribution in [0, 0.1) is 17.0 Å². The molecule has 2 N–H and O–H groups in total. The minimum atomic E-state index is -1.15. The number of aromatic carboxylic acids is 1. The van der Waals surface area contributed by atoms with E-state index in [1.807, 2.05) is 31.2 Å². The fraction of sp³-hybridized carbons (Fsp3) is 0.105. The van der Waals surface area contributed by atoms with Crippen LogP contribution in [-0.4, -0.2) is 31.7 Å². The number of anilines is 1. The van der Waals surface area contributed by atoms with Gasteiger partial charge in [0.05, 0.1) is 16.7 Å². The number of benzene rings is 2. The van der Waals surface area contributed by atoms with Crippen molar-refractivity contribution in [1.82, 2.24) is 9.78 Å². The Hall–Kier alpha value is -3.66. The van der Waals surface area contributed by atoms with Gasteiger partial charge in [0.2, 0.25) is 5.91 Å². The van der Waals surface area contributed by atoms with E-state index in [1.165, 1.54) is 34.8 Å². The molecule has 29 heavy (non-hydrogen) atoms. The highest BCUT2D eigenvalue weighted by Crippen LogP contribution is 2.33. The Morgan fingerprint density at radius 3 is 2.55 bits per heavy atom. The number of nitro groups is 1.